The summed E-state index contributed by atoms with van der Waals surface area (Å²) >= 11 is 8.00. The summed E-state index contributed by atoms with van der Waals surface area (Å²) in [4.78, 5) is 35.6. The van der Waals surface area contributed by atoms with E-state index in [1.165, 1.54) is 6.07 Å². The number of hydrogen-bond acceptors (Lipinski definition) is 5. The Bertz CT molecular complexity index is 913. The number of furan rings is 1. The lowest BCUT2D eigenvalue weighted by atomic mass is 10.1. The minimum atomic E-state index is -0.565. The molecule has 0 bridgehead atoms. The van der Waals surface area contributed by atoms with E-state index in [9.17, 15) is 14.4 Å². The highest BCUT2D eigenvalue weighted by atomic mass is 79.9. The molecule has 148 valence electrons. The van der Waals surface area contributed by atoms with E-state index in [-0.39, 0.29) is 29.6 Å². The van der Waals surface area contributed by atoms with E-state index < -0.39 is 11.8 Å². The summed E-state index contributed by atoms with van der Waals surface area (Å²) in [7, 11) is 0. The van der Waals surface area contributed by atoms with Crippen molar-refractivity contribution in [1.29, 1.82) is 0 Å². The Morgan fingerprint density at radius 3 is 2.36 bits per heavy atom. The SMILES string of the molecule is Cc1ccc(NC(=O)CCC(=O)NNC(=S)NC(=O)c2ccc(Br)o2)cc1C. The smallest absolute Gasteiger partial charge is 0.293 e. The van der Waals surface area contributed by atoms with E-state index in [2.05, 4.69) is 37.4 Å². The van der Waals surface area contributed by atoms with Gasteiger partial charge in [-0.2, -0.15) is 0 Å². The minimum absolute atomic E-state index is 0.0000192. The standard InChI is InChI=1S/C18H19BrN4O4S/c1-10-3-4-12(9-11(10)2)20-15(24)7-8-16(25)22-23-18(28)21-17(26)13-5-6-14(19)27-13/h3-6,9H,7-8H2,1-2H3,(H,20,24)(H,22,25)(H2,21,23,26,28). The van der Waals surface area contributed by atoms with Gasteiger partial charge in [-0.25, -0.2) is 0 Å². The predicted molar refractivity (Wildman–Crippen MR) is 112 cm³/mol. The van der Waals surface area contributed by atoms with Crippen molar-refractivity contribution in [2.45, 2.75) is 26.7 Å². The quantitative estimate of drug-likeness (QED) is 0.398. The van der Waals surface area contributed by atoms with E-state index in [4.69, 9.17) is 16.6 Å². The Kier molecular flexibility index (Phi) is 7.70. The van der Waals surface area contributed by atoms with Crippen molar-refractivity contribution in [3.8, 4) is 0 Å². The van der Waals surface area contributed by atoms with Gasteiger partial charge in [0, 0.05) is 18.5 Å². The van der Waals surface area contributed by atoms with Crippen LogP contribution in [0.3, 0.4) is 0 Å². The molecule has 10 heteroatoms. The lowest BCUT2D eigenvalue weighted by molar-refractivity contribution is -0.124. The number of rotatable bonds is 5. The average molecular weight is 467 g/mol. The van der Waals surface area contributed by atoms with E-state index in [1.807, 2.05) is 26.0 Å². The maximum absolute atomic E-state index is 11.9. The monoisotopic (exact) mass is 466 g/mol. The molecule has 1 aromatic heterocycles. The number of carbonyl (C=O) groups is 3. The Morgan fingerprint density at radius 2 is 1.71 bits per heavy atom. The second-order valence-corrected chi connectivity index (χ2v) is 7.10. The third kappa shape index (κ3) is 6.78. The summed E-state index contributed by atoms with van der Waals surface area (Å²) in [5, 5.41) is 4.98. The van der Waals surface area contributed by atoms with Crippen molar-refractivity contribution >= 4 is 56.7 Å². The molecule has 0 radical (unpaired) electrons. The number of thiocarbonyl (C=S) groups is 1. The molecule has 0 aliphatic heterocycles. The van der Waals surface area contributed by atoms with E-state index in [1.54, 1.807) is 12.1 Å². The largest absolute Gasteiger partial charge is 0.444 e. The highest BCUT2D eigenvalue weighted by Gasteiger charge is 2.13. The molecule has 2 aromatic rings. The van der Waals surface area contributed by atoms with Gasteiger partial charge in [-0.15, -0.1) is 0 Å². The molecule has 0 aliphatic rings. The maximum atomic E-state index is 11.9. The van der Waals surface area contributed by atoms with Crippen LogP contribution in [0.2, 0.25) is 0 Å². The van der Waals surface area contributed by atoms with Crippen LogP contribution in [0.15, 0.2) is 39.4 Å². The van der Waals surface area contributed by atoms with Gasteiger partial charge < -0.3 is 9.73 Å². The first-order valence-corrected chi connectivity index (χ1v) is 9.47. The Hall–Kier alpha value is -2.72. The molecular weight excluding hydrogens is 448 g/mol. The Balaban J connectivity index is 1.68. The fraction of sp³-hybridized carbons (Fsp3) is 0.222. The molecule has 0 saturated heterocycles. The van der Waals surface area contributed by atoms with Crippen LogP contribution in [0.4, 0.5) is 5.69 Å². The van der Waals surface area contributed by atoms with Gasteiger partial charge in [-0.1, -0.05) is 6.07 Å². The number of hydrazine groups is 1. The first-order chi connectivity index (χ1) is 13.2. The van der Waals surface area contributed by atoms with E-state index in [0.717, 1.165) is 11.1 Å². The fourth-order valence-electron chi connectivity index (χ4n) is 2.09. The van der Waals surface area contributed by atoms with Crippen LogP contribution in [-0.4, -0.2) is 22.8 Å². The number of benzene rings is 1. The lowest BCUT2D eigenvalue weighted by Crippen LogP contribution is -2.48. The number of anilines is 1. The topological polar surface area (TPSA) is 112 Å². The molecule has 0 spiro atoms. The van der Waals surface area contributed by atoms with Crippen molar-refractivity contribution in [2.75, 3.05) is 5.32 Å². The fourth-order valence-corrected chi connectivity index (χ4v) is 2.54. The molecular formula is C18H19BrN4O4S. The van der Waals surface area contributed by atoms with Crippen LogP contribution in [0, 0.1) is 13.8 Å². The molecule has 3 amide bonds. The molecule has 0 fully saturated rings. The normalized spacial score (nSPS) is 10.1. The molecule has 1 aromatic carbocycles. The number of aryl methyl sites for hydroxylation is 2. The summed E-state index contributed by atoms with van der Waals surface area (Å²) in [5.41, 5.74) is 7.59. The van der Waals surface area contributed by atoms with E-state index >= 15 is 0 Å². The van der Waals surface area contributed by atoms with Crippen LogP contribution < -0.4 is 21.5 Å². The summed E-state index contributed by atoms with van der Waals surface area (Å²) in [6.45, 7) is 3.94. The van der Waals surface area contributed by atoms with Gasteiger partial charge in [-0.05, 0) is 77.4 Å². The van der Waals surface area contributed by atoms with Gasteiger partial charge >= 0.3 is 0 Å². The molecule has 0 aliphatic carbocycles. The third-order valence-electron chi connectivity index (χ3n) is 3.71. The van der Waals surface area contributed by atoms with E-state index in [0.29, 0.717) is 10.4 Å². The summed E-state index contributed by atoms with van der Waals surface area (Å²) < 4.78 is 5.49. The second kappa shape index (κ2) is 10.00. The lowest BCUT2D eigenvalue weighted by Gasteiger charge is -2.10. The van der Waals surface area contributed by atoms with Crippen molar-refractivity contribution in [2.24, 2.45) is 0 Å². The highest BCUT2D eigenvalue weighted by molar-refractivity contribution is 9.10. The Labute approximate surface area is 175 Å². The molecule has 0 atom stereocenters. The highest BCUT2D eigenvalue weighted by Crippen LogP contribution is 2.15. The van der Waals surface area contributed by atoms with Crippen LogP contribution in [0.1, 0.15) is 34.5 Å². The predicted octanol–water partition coefficient (Wildman–Crippen LogP) is 2.71. The number of halogens is 1. The van der Waals surface area contributed by atoms with Crippen molar-refractivity contribution in [1.82, 2.24) is 16.2 Å². The molecule has 28 heavy (non-hydrogen) atoms. The number of amides is 3. The van der Waals surface area contributed by atoms with Crippen molar-refractivity contribution in [3.63, 3.8) is 0 Å². The number of nitrogens with one attached hydrogen (secondary N) is 4. The van der Waals surface area contributed by atoms with Gasteiger partial charge in [0.2, 0.25) is 11.8 Å². The summed E-state index contributed by atoms with van der Waals surface area (Å²) in [5.74, 6) is -1.24. The molecule has 1 heterocycles. The summed E-state index contributed by atoms with van der Waals surface area (Å²) in [6.07, 6.45) is -0.0503. The van der Waals surface area contributed by atoms with Crippen molar-refractivity contribution in [3.05, 3.63) is 51.9 Å². The minimum Gasteiger partial charge on any atom is -0.444 e. The van der Waals surface area contributed by atoms with Crippen LogP contribution in [0.5, 0.6) is 0 Å². The zero-order chi connectivity index (χ0) is 20.7. The van der Waals surface area contributed by atoms with Gasteiger partial charge in [0.05, 0.1) is 0 Å². The number of hydrogen-bond donors (Lipinski definition) is 4. The zero-order valence-electron chi connectivity index (χ0n) is 15.2. The van der Waals surface area contributed by atoms with Crippen LogP contribution >= 0.6 is 28.1 Å². The van der Waals surface area contributed by atoms with Crippen molar-refractivity contribution < 1.29 is 18.8 Å². The second-order valence-electron chi connectivity index (χ2n) is 5.91. The average Bonchev–Trinajstić information content (AvgIpc) is 3.08. The third-order valence-corrected chi connectivity index (χ3v) is 4.34. The molecule has 0 unspecified atom stereocenters. The molecule has 0 saturated carbocycles. The Morgan fingerprint density at radius 1 is 1.00 bits per heavy atom. The van der Waals surface area contributed by atoms with Gasteiger partial charge in [0.25, 0.3) is 5.91 Å². The zero-order valence-corrected chi connectivity index (χ0v) is 17.6. The van der Waals surface area contributed by atoms with Gasteiger partial charge in [-0.3, -0.25) is 30.6 Å². The van der Waals surface area contributed by atoms with Gasteiger partial charge in [0.15, 0.2) is 15.5 Å². The molecule has 4 N–H and O–H groups in total. The molecule has 8 nitrogen and oxygen atoms in total. The van der Waals surface area contributed by atoms with Crippen LogP contribution in [-0.2, 0) is 9.59 Å². The number of carbonyl (C=O) groups excluding carboxylic acids is 3. The maximum Gasteiger partial charge on any atom is 0.293 e. The van der Waals surface area contributed by atoms with Crippen LogP contribution in [0.25, 0.3) is 0 Å². The molecule has 2 rings (SSSR count). The summed E-state index contributed by atoms with van der Waals surface area (Å²) in [6, 6.07) is 8.62. The van der Waals surface area contributed by atoms with Gasteiger partial charge in [0.1, 0.15) is 0 Å². The first-order valence-electron chi connectivity index (χ1n) is 8.27. The first kappa shape index (κ1) is 21.6.